The molecule has 3 N–H and O–H groups in total. The molecule has 2 heterocycles. The summed E-state index contributed by atoms with van der Waals surface area (Å²) in [6, 6.07) is 27.4. The highest BCUT2D eigenvalue weighted by Gasteiger charge is 2.65. The monoisotopic (exact) mass is 695 g/mol. The molecule has 0 bridgehead atoms. The van der Waals surface area contributed by atoms with E-state index in [1.54, 1.807) is 13.1 Å². The standard InChI is InChI=1S/C41H49N3O7/c1-4-6-7-16-23-47-35-34(48-26-29-17-10-8-11-18-29)36(49-27-30-19-12-9-13-20-30)38(51-40(46)39-43-24-28(3)44-39)41(37(35)45,50-5-2)32-25-42-33-22-15-14-21-31(32)33/h8-15,17-22,24-25,34-38,42,45H,4-7,16,23,26-27H2,1-3H3,(H,43,44). The second kappa shape index (κ2) is 17.3. The van der Waals surface area contributed by atoms with Crippen molar-refractivity contribution in [3.05, 3.63) is 126 Å². The van der Waals surface area contributed by atoms with E-state index in [1.165, 1.54) is 0 Å². The average Bonchev–Trinajstić information content (AvgIpc) is 3.80. The van der Waals surface area contributed by atoms with Gasteiger partial charge in [0.2, 0.25) is 5.82 Å². The van der Waals surface area contributed by atoms with E-state index in [1.807, 2.05) is 98.0 Å². The third-order valence-corrected chi connectivity index (χ3v) is 9.52. The molecule has 5 aromatic rings. The van der Waals surface area contributed by atoms with Gasteiger partial charge in [-0.1, -0.05) is 105 Å². The molecule has 6 atom stereocenters. The summed E-state index contributed by atoms with van der Waals surface area (Å²) in [7, 11) is 0. The molecule has 1 aliphatic carbocycles. The Morgan fingerprint density at radius 3 is 2.10 bits per heavy atom. The molecule has 6 rings (SSSR count). The Morgan fingerprint density at radius 2 is 1.45 bits per heavy atom. The molecular formula is C41H49N3O7. The summed E-state index contributed by atoms with van der Waals surface area (Å²) < 4.78 is 33.5. The molecule has 0 saturated heterocycles. The van der Waals surface area contributed by atoms with E-state index < -0.39 is 42.1 Å². The normalized spacial score (nSPS) is 23.4. The SMILES string of the molecule is CCCCCCOC1C(OCc2ccccc2)C(OCc2ccccc2)C(OC(=O)c2nc(C)c[nH]2)C(OCC)(c2c[nH]c3ccccc23)C1O. The van der Waals surface area contributed by atoms with Crippen molar-refractivity contribution in [2.45, 2.75) is 95.8 Å². The number of rotatable bonds is 17. The molecule has 270 valence electrons. The van der Waals surface area contributed by atoms with E-state index in [4.69, 9.17) is 23.7 Å². The first kappa shape index (κ1) is 36.5. The molecule has 1 aliphatic rings. The molecule has 1 fully saturated rings. The number of aromatic nitrogens is 3. The number of nitrogens with zero attached hydrogens (tertiary/aromatic N) is 1. The lowest BCUT2D eigenvalue weighted by molar-refractivity contribution is -0.310. The maximum absolute atomic E-state index is 14.0. The van der Waals surface area contributed by atoms with Crippen LogP contribution in [0.25, 0.3) is 10.9 Å². The van der Waals surface area contributed by atoms with Gasteiger partial charge >= 0.3 is 5.97 Å². The Bertz CT molecular complexity index is 1810. The van der Waals surface area contributed by atoms with Crippen molar-refractivity contribution >= 4 is 16.9 Å². The van der Waals surface area contributed by atoms with Gasteiger partial charge in [0.1, 0.15) is 24.4 Å². The number of hydrogen-bond acceptors (Lipinski definition) is 8. The van der Waals surface area contributed by atoms with Gasteiger partial charge < -0.3 is 38.8 Å². The third kappa shape index (κ3) is 8.11. The number of carbonyl (C=O) groups excluding carboxylic acids is 1. The Balaban J connectivity index is 1.51. The number of nitrogens with one attached hydrogen (secondary N) is 2. The predicted molar refractivity (Wildman–Crippen MR) is 194 cm³/mol. The molecule has 51 heavy (non-hydrogen) atoms. The van der Waals surface area contributed by atoms with Crippen LogP contribution in [0.5, 0.6) is 0 Å². The number of aromatic amines is 2. The topological polar surface area (TPSA) is 128 Å². The van der Waals surface area contributed by atoms with Crippen molar-refractivity contribution in [2.24, 2.45) is 0 Å². The number of hydrogen-bond donors (Lipinski definition) is 3. The van der Waals surface area contributed by atoms with Crippen molar-refractivity contribution in [1.82, 2.24) is 15.0 Å². The van der Waals surface area contributed by atoms with E-state index in [0.717, 1.165) is 47.7 Å². The van der Waals surface area contributed by atoms with Crippen molar-refractivity contribution in [3.8, 4) is 0 Å². The maximum atomic E-state index is 14.0. The van der Waals surface area contributed by atoms with Gasteiger partial charge in [0.05, 0.1) is 18.9 Å². The van der Waals surface area contributed by atoms with Crippen LogP contribution in [0.1, 0.15) is 72.5 Å². The first-order chi connectivity index (χ1) is 25.0. The van der Waals surface area contributed by atoms with Crippen LogP contribution >= 0.6 is 0 Å². The van der Waals surface area contributed by atoms with Gasteiger partial charge in [0, 0.05) is 42.1 Å². The lowest BCUT2D eigenvalue weighted by atomic mass is 9.70. The maximum Gasteiger partial charge on any atom is 0.374 e. The molecule has 10 nitrogen and oxygen atoms in total. The van der Waals surface area contributed by atoms with E-state index in [2.05, 4.69) is 21.9 Å². The van der Waals surface area contributed by atoms with Gasteiger partial charge in [0.15, 0.2) is 11.7 Å². The molecule has 0 spiro atoms. The first-order valence-corrected chi connectivity index (χ1v) is 18.0. The Labute approximate surface area is 299 Å². The van der Waals surface area contributed by atoms with Crippen molar-refractivity contribution in [1.29, 1.82) is 0 Å². The highest BCUT2D eigenvalue weighted by atomic mass is 16.6. The zero-order valence-electron chi connectivity index (χ0n) is 29.6. The lowest BCUT2D eigenvalue weighted by Gasteiger charge is -2.54. The number of imidazole rings is 1. The van der Waals surface area contributed by atoms with Crippen LogP contribution in [-0.4, -0.2) is 69.8 Å². The van der Waals surface area contributed by atoms with Crippen LogP contribution in [0.3, 0.4) is 0 Å². The fraction of sp³-hybridized carbons (Fsp3) is 0.415. The number of aliphatic hydroxyl groups is 1. The summed E-state index contributed by atoms with van der Waals surface area (Å²) in [5, 5.41) is 13.7. The second-order valence-corrected chi connectivity index (χ2v) is 13.1. The number of para-hydroxylation sites is 1. The third-order valence-electron chi connectivity index (χ3n) is 9.52. The number of benzene rings is 3. The Morgan fingerprint density at radius 1 is 0.784 bits per heavy atom. The Hall–Kier alpha value is -4.32. The van der Waals surface area contributed by atoms with E-state index in [0.29, 0.717) is 17.9 Å². The van der Waals surface area contributed by atoms with Crippen LogP contribution < -0.4 is 0 Å². The summed E-state index contributed by atoms with van der Waals surface area (Å²) in [6.07, 6.45) is 2.10. The summed E-state index contributed by atoms with van der Waals surface area (Å²) in [6.45, 7) is 6.79. The number of esters is 1. The number of H-pyrrole nitrogens is 2. The number of aryl methyl sites for hydroxylation is 1. The van der Waals surface area contributed by atoms with E-state index >= 15 is 0 Å². The summed E-state index contributed by atoms with van der Waals surface area (Å²) in [4.78, 5) is 24.7. The highest BCUT2D eigenvalue weighted by molar-refractivity contribution is 5.86. The zero-order chi connectivity index (χ0) is 35.6. The van der Waals surface area contributed by atoms with Crippen LogP contribution in [0.4, 0.5) is 0 Å². The molecule has 1 saturated carbocycles. The average molecular weight is 696 g/mol. The number of aliphatic hydroxyl groups excluding tert-OH is 1. The van der Waals surface area contributed by atoms with Gasteiger partial charge in [0.25, 0.3) is 0 Å². The van der Waals surface area contributed by atoms with Gasteiger partial charge in [-0.25, -0.2) is 9.78 Å². The molecule has 2 aromatic heterocycles. The minimum Gasteiger partial charge on any atom is -0.450 e. The molecule has 0 radical (unpaired) electrons. The summed E-state index contributed by atoms with van der Waals surface area (Å²) in [5.74, 6) is -0.678. The van der Waals surface area contributed by atoms with Crippen molar-refractivity contribution in [2.75, 3.05) is 13.2 Å². The fourth-order valence-corrected chi connectivity index (χ4v) is 7.07. The number of unbranched alkanes of at least 4 members (excludes halogenated alkanes) is 3. The van der Waals surface area contributed by atoms with Crippen LogP contribution in [0.15, 0.2) is 97.3 Å². The number of fused-ring (bicyclic) bond motifs is 1. The van der Waals surface area contributed by atoms with Gasteiger partial charge in [-0.3, -0.25) is 0 Å². The van der Waals surface area contributed by atoms with E-state index in [-0.39, 0.29) is 25.6 Å². The van der Waals surface area contributed by atoms with Gasteiger partial charge in [-0.2, -0.15) is 0 Å². The van der Waals surface area contributed by atoms with Gasteiger partial charge in [-0.15, -0.1) is 0 Å². The summed E-state index contributed by atoms with van der Waals surface area (Å²) >= 11 is 0. The molecular weight excluding hydrogens is 646 g/mol. The Kier molecular flexibility index (Phi) is 12.3. The minimum absolute atomic E-state index is 0.0316. The molecule has 0 amide bonds. The van der Waals surface area contributed by atoms with Gasteiger partial charge in [-0.05, 0) is 37.5 Å². The van der Waals surface area contributed by atoms with Crippen LogP contribution in [-0.2, 0) is 42.5 Å². The summed E-state index contributed by atoms with van der Waals surface area (Å²) in [5.41, 5.74) is 2.31. The molecule has 10 heteroatoms. The van der Waals surface area contributed by atoms with E-state index in [9.17, 15) is 9.90 Å². The minimum atomic E-state index is -1.65. The van der Waals surface area contributed by atoms with Crippen molar-refractivity contribution < 1.29 is 33.6 Å². The van der Waals surface area contributed by atoms with Crippen LogP contribution in [0.2, 0.25) is 0 Å². The molecule has 3 aromatic carbocycles. The lowest BCUT2D eigenvalue weighted by Crippen LogP contribution is -2.72. The quantitative estimate of drug-likeness (QED) is 0.0691. The first-order valence-electron chi connectivity index (χ1n) is 18.0. The molecule has 0 aliphatic heterocycles. The smallest absolute Gasteiger partial charge is 0.374 e. The van der Waals surface area contributed by atoms with Crippen LogP contribution in [0, 0.1) is 6.92 Å². The zero-order valence-corrected chi connectivity index (χ0v) is 29.6. The largest absolute Gasteiger partial charge is 0.450 e. The second-order valence-electron chi connectivity index (χ2n) is 13.1. The highest BCUT2D eigenvalue weighted by Crippen LogP contribution is 2.48. The predicted octanol–water partition coefficient (Wildman–Crippen LogP) is 7.17. The molecule has 6 unspecified atom stereocenters. The van der Waals surface area contributed by atoms with Crippen molar-refractivity contribution in [3.63, 3.8) is 0 Å². The number of carbonyl (C=O) groups is 1. The number of ether oxygens (including phenoxy) is 5. The fourth-order valence-electron chi connectivity index (χ4n) is 7.07.